The maximum atomic E-state index is 11.8. The monoisotopic (exact) mass is 332 g/mol. The van der Waals surface area contributed by atoms with Gasteiger partial charge in [0.05, 0.1) is 19.2 Å². The van der Waals surface area contributed by atoms with Gasteiger partial charge in [-0.15, -0.1) is 11.3 Å². The Kier molecular flexibility index (Phi) is 6.17. The molecule has 122 valence electrons. The van der Waals surface area contributed by atoms with Crippen LogP contribution < -0.4 is 15.4 Å². The topological polar surface area (TPSA) is 67.4 Å². The molecular weight excluding hydrogens is 312 g/mol. The Morgan fingerprint density at radius 3 is 2.74 bits per heavy atom. The third kappa shape index (κ3) is 5.41. The summed E-state index contributed by atoms with van der Waals surface area (Å²) < 4.78 is 5.22. The van der Waals surface area contributed by atoms with Gasteiger partial charge in [-0.3, -0.25) is 9.59 Å². The van der Waals surface area contributed by atoms with Gasteiger partial charge in [0.25, 0.3) is 0 Å². The molecule has 0 radical (unpaired) electrons. The van der Waals surface area contributed by atoms with Crippen molar-refractivity contribution in [3.05, 3.63) is 46.2 Å². The molecule has 2 amide bonds. The van der Waals surface area contributed by atoms with Crippen LogP contribution in [-0.4, -0.2) is 25.5 Å². The Bertz CT molecular complexity index is 668. The number of rotatable bonds is 7. The lowest BCUT2D eigenvalue weighted by atomic mass is 10.1. The van der Waals surface area contributed by atoms with E-state index in [2.05, 4.69) is 10.6 Å². The van der Waals surface area contributed by atoms with E-state index in [-0.39, 0.29) is 11.8 Å². The highest BCUT2D eigenvalue weighted by atomic mass is 32.1. The van der Waals surface area contributed by atoms with E-state index in [0.29, 0.717) is 30.8 Å². The van der Waals surface area contributed by atoms with Crippen LogP contribution in [0.3, 0.4) is 0 Å². The summed E-state index contributed by atoms with van der Waals surface area (Å²) in [5.41, 5.74) is 1.66. The van der Waals surface area contributed by atoms with E-state index < -0.39 is 0 Å². The molecule has 1 aromatic carbocycles. The number of hydrogen-bond acceptors (Lipinski definition) is 4. The first-order valence-corrected chi connectivity index (χ1v) is 8.20. The van der Waals surface area contributed by atoms with Gasteiger partial charge in [-0.05, 0) is 35.6 Å². The van der Waals surface area contributed by atoms with Crippen molar-refractivity contribution >= 4 is 28.8 Å². The molecule has 23 heavy (non-hydrogen) atoms. The van der Waals surface area contributed by atoms with Crippen molar-refractivity contribution in [2.75, 3.05) is 19.0 Å². The molecule has 0 fully saturated rings. The summed E-state index contributed by atoms with van der Waals surface area (Å²) >= 11 is 1.58. The third-order valence-corrected chi connectivity index (χ3v) is 4.10. The van der Waals surface area contributed by atoms with Crippen LogP contribution >= 0.6 is 11.3 Å². The number of nitrogens with one attached hydrogen (secondary N) is 2. The van der Waals surface area contributed by atoms with E-state index in [1.807, 2.05) is 35.7 Å². The minimum absolute atomic E-state index is 0.0167. The van der Waals surface area contributed by atoms with E-state index in [9.17, 15) is 9.59 Å². The molecule has 1 heterocycles. The lowest BCUT2D eigenvalue weighted by Crippen LogP contribution is -2.27. The summed E-state index contributed by atoms with van der Waals surface area (Å²) in [5, 5.41) is 7.61. The van der Waals surface area contributed by atoms with Crippen LogP contribution in [0.4, 0.5) is 5.69 Å². The number of carbonyl (C=O) groups excluding carboxylic acids is 2. The first kappa shape index (κ1) is 17.0. The number of benzene rings is 1. The highest BCUT2D eigenvalue weighted by Crippen LogP contribution is 2.25. The number of amides is 2. The zero-order valence-corrected chi connectivity index (χ0v) is 14.0. The molecule has 0 atom stereocenters. The van der Waals surface area contributed by atoms with Crippen LogP contribution in [0.25, 0.3) is 0 Å². The van der Waals surface area contributed by atoms with Crippen LogP contribution in [0.2, 0.25) is 0 Å². The van der Waals surface area contributed by atoms with Gasteiger partial charge in [-0.1, -0.05) is 12.1 Å². The first-order chi connectivity index (χ1) is 11.1. The number of thiophene rings is 1. The molecule has 0 bridgehead atoms. The molecule has 2 rings (SSSR count). The number of hydrogen-bond donors (Lipinski definition) is 2. The Morgan fingerprint density at radius 1 is 1.26 bits per heavy atom. The lowest BCUT2D eigenvalue weighted by Gasteiger charge is -2.11. The number of methoxy groups -OCH3 is 1. The van der Waals surface area contributed by atoms with Crippen molar-refractivity contribution in [3.8, 4) is 5.75 Å². The molecular formula is C17H20N2O3S. The average Bonchev–Trinajstić information content (AvgIpc) is 3.00. The van der Waals surface area contributed by atoms with Crippen molar-refractivity contribution in [1.29, 1.82) is 0 Å². The molecule has 0 unspecified atom stereocenters. The standard InChI is InChI=1S/C17H20N2O3S/c1-12(20)19-15-10-13(5-6-16(15)22-2)7-8-18-17(21)11-14-4-3-9-23-14/h3-6,9-10H,7-8,11H2,1-2H3,(H,18,21)(H,19,20). The number of carbonyl (C=O) groups is 2. The zero-order chi connectivity index (χ0) is 16.7. The van der Waals surface area contributed by atoms with Crippen molar-refractivity contribution in [3.63, 3.8) is 0 Å². The fourth-order valence-corrected chi connectivity index (χ4v) is 2.88. The quantitative estimate of drug-likeness (QED) is 0.819. The van der Waals surface area contributed by atoms with Crippen LogP contribution in [-0.2, 0) is 22.4 Å². The number of ether oxygens (including phenoxy) is 1. The van der Waals surface area contributed by atoms with Gasteiger partial charge < -0.3 is 15.4 Å². The van der Waals surface area contributed by atoms with Crippen LogP contribution in [0, 0.1) is 0 Å². The lowest BCUT2D eigenvalue weighted by molar-refractivity contribution is -0.120. The largest absolute Gasteiger partial charge is 0.495 e. The van der Waals surface area contributed by atoms with Gasteiger partial charge in [0.1, 0.15) is 5.75 Å². The molecule has 1 aromatic heterocycles. The van der Waals surface area contributed by atoms with Crippen LogP contribution in [0.5, 0.6) is 5.75 Å². The molecule has 0 saturated heterocycles. The van der Waals surface area contributed by atoms with E-state index in [0.717, 1.165) is 10.4 Å². The van der Waals surface area contributed by atoms with Gasteiger partial charge in [-0.2, -0.15) is 0 Å². The van der Waals surface area contributed by atoms with Crippen molar-refractivity contribution in [2.45, 2.75) is 19.8 Å². The molecule has 2 N–H and O–H groups in total. The van der Waals surface area contributed by atoms with Crippen LogP contribution in [0.15, 0.2) is 35.7 Å². The summed E-state index contributed by atoms with van der Waals surface area (Å²) in [7, 11) is 1.56. The second-order valence-electron chi connectivity index (χ2n) is 5.07. The molecule has 0 aliphatic heterocycles. The molecule has 0 aliphatic rings. The third-order valence-electron chi connectivity index (χ3n) is 3.23. The fraction of sp³-hybridized carbons (Fsp3) is 0.294. The Labute approximate surface area is 139 Å². The smallest absolute Gasteiger partial charge is 0.225 e. The highest BCUT2D eigenvalue weighted by Gasteiger charge is 2.07. The summed E-state index contributed by atoms with van der Waals surface area (Å²) in [6.45, 7) is 2.01. The molecule has 6 heteroatoms. The minimum atomic E-state index is -0.148. The Hall–Kier alpha value is -2.34. The normalized spacial score (nSPS) is 10.2. The van der Waals surface area contributed by atoms with E-state index >= 15 is 0 Å². The SMILES string of the molecule is COc1ccc(CCNC(=O)Cc2cccs2)cc1NC(C)=O. The Balaban J connectivity index is 1.87. The highest BCUT2D eigenvalue weighted by molar-refractivity contribution is 7.10. The van der Waals surface area contributed by atoms with E-state index in [1.54, 1.807) is 18.4 Å². The molecule has 5 nitrogen and oxygen atoms in total. The molecule has 2 aromatic rings. The van der Waals surface area contributed by atoms with Gasteiger partial charge in [0.2, 0.25) is 11.8 Å². The van der Waals surface area contributed by atoms with Crippen LogP contribution in [0.1, 0.15) is 17.4 Å². The van der Waals surface area contributed by atoms with Gasteiger partial charge in [-0.25, -0.2) is 0 Å². The maximum Gasteiger partial charge on any atom is 0.225 e. The Morgan fingerprint density at radius 2 is 2.09 bits per heavy atom. The summed E-state index contributed by atoms with van der Waals surface area (Å²) in [4.78, 5) is 24.1. The predicted molar refractivity (Wildman–Crippen MR) is 92.0 cm³/mol. The van der Waals surface area contributed by atoms with E-state index in [4.69, 9.17) is 4.74 Å². The molecule has 0 spiro atoms. The molecule has 0 saturated carbocycles. The van der Waals surface area contributed by atoms with Gasteiger partial charge in [0.15, 0.2) is 0 Å². The number of anilines is 1. The maximum absolute atomic E-state index is 11.8. The van der Waals surface area contributed by atoms with Crippen molar-refractivity contribution < 1.29 is 14.3 Å². The van der Waals surface area contributed by atoms with Crippen molar-refractivity contribution in [2.24, 2.45) is 0 Å². The second-order valence-corrected chi connectivity index (χ2v) is 6.10. The van der Waals surface area contributed by atoms with Crippen molar-refractivity contribution in [1.82, 2.24) is 5.32 Å². The minimum Gasteiger partial charge on any atom is -0.495 e. The molecule has 0 aliphatic carbocycles. The predicted octanol–water partition coefficient (Wildman–Crippen LogP) is 2.62. The average molecular weight is 332 g/mol. The van der Waals surface area contributed by atoms with Gasteiger partial charge >= 0.3 is 0 Å². The summed E-state index contributed by atoms with van der Waals surface area (Å²) in [6, 6.07) is 9.50. The fourth-order valence-electron chi connectivity index (χ4n) is 2.18. The second kappa shape index (κ2) is 8.33. The summed E-state index contributed by atoms with van der Waals surface area (Å²) in [5.74, 6) is 0.485. The van der Waals surface area contributed by atoms with Gasteiger partial charge in [0, 0.05) is 18.3 Å². The first-order valence-electron chi connectivity index (χ1n) is 7.32. The zero-order valence-electron chi connectivity index (χ0n) is 13.2. The summed E-state index contributed by atoms with van der Waals surface area (Å²) in [6.07, 6.45) is 1.10. The van der Waals surface area contributed by atoms with E-state index in [1.165, 1.54) is 6.92 Å².